The Morgan fingerprint density at radius 2 is 1.59 bits per heavy atom. The summed E-state index contributed by atoms with van der Waals surface area (Å²) in [6.07, 6.45) is 5.83. The molecule has 0 atom stereocenters. The zero-order valence-corrected chi connectivity index (χ0v) is 21.2. The molecule has 4 aromatic rings. The van der Waals surface area contributed by atoms with Crippen molar-refractivity contribution in [2.45, 2.75) is 25.7 Å². The fourth-order valence-electron chi connectivity index (χ4n) is 4.24. The molecule has 0 aliphatic heterocycles. The van der Waals surface area contributed by atoms with Crippen LogP contribution in [0.25, 0.3) is 0 Å². The molecular weight excluding hydrogens is 484 g/mol. The number of amides is 1. The minimum absolute atomic E-state index is 0.126. The highest BCUT2D eigenvalue weighted by Gasteiger charge is 2.25. The molecule has 0 saturated heterocycles. The number of benzene rings is 3. The molecule has 37 heavy (non-hydrogen) atoms. The van der Waals surface area contributed by atoms with Gasteiger partial charge in [0.1, 0.15) is 16.5 Å². The summed E-state index contributed by atoms with van der Waals surface area (Å²) in [6, 6.07) is 23.3. The number of carbonyl (C=O) groups is 2. The van der Waals surface area contributed by atoms with Gasteiger partial charge in [0.25, 0.3) is 5.91 Å². The highest BCUT2D eigenvalue weighted by Crippen LogP contribution is 2.40. The van der Waals surface area contributed by atoms with Gasteiger partial charge in [-0.25, -0.2) is 9.79 Å². The number of nitrogens with one attached hydrogen (secondary N) is 1. The van der Waals surface area contributed by atoms with E-state index in [0.29, 0.717) is 22.6 Å². The van der Waals surface area contributed by atoms with Gasteiger partial charge in [0.05, 0.1) is 18.2 Å². The van der Waals surface area contributed by atoms with Gasteiger partial charge in [0, 0.05) is 16.8 Å². The molecule has 0 saturated carbocycles. The number of rotatable bonds is 7. The normalized spacial score (nSPS) is 12.7. The van der Waals surface area contributed by atoms with Gasteiger partial charge in [-0.15, -0.1) is 11.3 Å². The maximum absolute atomic E-state index is 13.2. The molecule has 0 spiro atoms. The lowest BCUT2D eigenvalue weighted by Gasteiger charge is -2.12. The van der Waals surface area contributed by atoms with Crippen molar-refractivity contribution in [2.24, 2.45) is 4.99 Å². The van der Waals surface area contributed by atoms with Gasteiger partial charge in [-0.05, 0) is 97.5 Å². The Morgan fingerprint density at radius 3 is 2.32 bits per heavy atom. The van der Waals surface area contributed by atoms with Crippen molar-refractivity contribution in [3.63, 3.8) is 0 Å². The summed E-state index contributed by atoms with van der Waals surface area (Å²) in [6.45, 7) is 0. The summed E-state index contributed by atoms with van der Waals surface area (Å²) in [5, 5.41) is 3.73. The first-order chi connectivity index (χ1) is 18.1. The molecule has 1 aliphatic rings. The molecule has 0 fully saturated rings. The molecule has 186 valence electrons. The molecule has 3 aromatic carbocycles. The number of fused-ring (bicyclic) bond motifs is 1. The quantitative estimate of drug-likeness (QED) is 0.167. The maximum atomic E-state index is 13.2. The van der Waals surface area contributed by atoms with Crippen LogP contribution >= 0.6 is 11.3 Å². The number of hydrogen-bond donors (Lipinski definition) is 1. The van der Waals surface area contributed by atoms with Crippen LogP contribution in [-0.2, 0) is 12.8 Å². The lowest BCUT2D eigenvalue weighted by molar-refractivity contribution is 0.0734. The minimum Gasteiger partial charge on any atom is -0.497 e. The number of carbonyl (C=O) groups excluding carboxylic acids is 2. The number of nitrogens with zero attached hydrogens (tertiary/aromatic N) is 1. The molecule has 1 amide bonds. The minimum atomic E-state index is -0.442. The van der Waals surface area contributed by atoms with Crippen LogP contribution in [0.2, 0.25) is 0 Å². The Morgan fingerprint density at radius 1 is 0.892 bits per heavy atom. The third-order valence-electron chi connectivity index (χ3n) is 6.16. The second-order valence-electron chi connectivity index (χ2n) is 8.66. The van der Waals surface area contributed by atoms with Gasteiger partial charge in [-0.2, -0.15) is 0 Å². The molecule has 1 heterocycles. The summed E-state index contributed by atoms with van der Waals surface area (Å²) >= 11 is 1.59. The van der Waals surface area contributed by atoms with Crippen molar-refractivity contribution in [3.8, 4) is 11.5 Å². The molecule has 6 nitrogen and oxygen atoms in total. The number of methoxy groups -OCH3 is 1. The highest BCUT2D eigenvalue weighted by molar-refractivity contribution is 7.16. The van der Waals surface area contributed by atoms with E-state index in [9.17, 15) is 9.59 Å². The van der Waals surface area contributed by atoms with Crippen molar-refractivity contribution in [1.82, 2.24) is 0 Å². The number of aryl methyl sites for hydroxylation is 1. The van der Waals surface area contributed by atoms with Crippen molar-refractivity contribution in [2.75, 3.05) is 12.4 Å². The van der Waals surface area contributed by atoms with Crippen LogP contribution < -0.4 is 14.8 Å². The predicted molar refractivity (Wildman–Crippen MR) is 147 cm³/mol. The topological polar surface area (TPSA) is 77.0 Å². The summed E-state index contributed by atoms with van der Waals surface area (Å²) in [5.74, 6) is 0.542. The third kappa shape index (κ3) is 5.78. The van der Waals surface area contributed by atoms with Gasteiger partial charge in [-0.1, -0.05) is 18.2 Å². The smallest absolute Gasteiger partial charge is 0.343 e. The van der Waals surface area contributed by atoms with Crippen LogP contribution in [0.15, 0.2) is 83.9 Å². The Kier molecular flexibility index (Phi) is 7.42. The van der Waals surface area contributed by atoms with E-state index in [2.05, 4.69) is 5.32 Å². The summed E-state index contributed by atoms with van der Waals surface area (Å²) in [7, 11) is 1.57. The number of aliphatic imine (C=N–C) groups is 1. The lowest BCUT2D eigenvalue weighted by atomic mass is 9.95. The zero-order valence-electron chi connectivity index (χ0n) is 20.4. The van der Waals surface area contributed by atoms with E-state index in [4.69, 9.17) is 14.5 Å². The summed E-state index contributed by atoms with van der Waals surface area (Å²) in [5.41, 5.74) is 3.83. The van der Waals surface area contributed by atoms with Crippen molar-refractivity contribution in [3.05, 3.63) is 106 Å². The number of ether oxygens (including phenoxy) is 2. The van der Waals surface area contributed by atoms with Crippen LogP contribution in [0.5, 0.6) is 11.5 Å². The van der Waals surface area contributed by atoms with Crippen LogP contribution in [0, 0.1) is 0 Å². The van der Waals surface area contributed by atoms with Gasteiger partial charge in [-0.3, -0.25) is 4.79 Å². The Labute approximate surface area is 219 Å². The number of thiophene rings is 1. The average Bonchev–Trinajstić information content (AvgIpc) is 3.32. The molecule has 7 heteroatoms. The first kappa shape index (κ1) is 24.5. The van der Waals surface area contributed by atoms with Crippen LogP contribution in [0.4, 0.5) is 10.7 Å². The average molecular weight is 511 g/mol. The maximum Gasteiger partial charge on any atom is 0.343 e. The first-order valence-corrected chi connectivity index (χ1v) is 12.9. The Hall–Kier alpha value is -4.23. The van der Waals surface area contributed by atoms with Crippen molar-refractivity contribution < 1.29 is 19.1 Å². The summed E-state index contributed by atoms with van der Waals surface area (Å²) < 4.78 is 10.6. The fraction of sp³-hybridized carbons (Fsp3) is 0.167. The van der Waals surface area contributed by atoms with E-state index < -0.39 is 5.97 Å². The SMILES string of the molecule is COc1ccc(C(=O)Oc2ccc(/C=N\c3sc4c(c3C(=O)Nc3ccccc3)CCCC4)cc2)cc1. The van der Waals surface area contributed by atoms with Gasteiger partial charge in [0.15, 0.2) is 0 Å². The van der Waals surface area contributed by atoms with Crippen LogP contribution in [0.3, 0.4) is 0 Å². The second kappa shape index (κ2) is 11.2. The predicted octanol–water partition coefficient (Wildman–Crippen LogP) is 6.86. The molecule has 0 radical (unpaired) electrons. The summed E-state index contributed by atoms with van der Waals surface area (Å²) in [4.78, 5) is 31.6. The monoisotopic (exact) mass is 510 g/mol. The van der Waals surface area contributed by atoms with E-state index in [0.717, 1.165) is 47.5 Å². The van der Waals surface area contributed by atoms with Gasteiger partial charge in [0.2, 0.25) is 0 Å². The van der Waals surface area contributed by atoms with Crippen LogP contribution in [-0.4, -0.2) is 25.2 Å². The number of para-hydroxylation sites is 1. The fourth-order valence-corrected chi connectivity index (χ4v) is 5.47. The molecular formula is C30H26N2O4S. The molecule has 0 unspecified atom stereocenters. The van der Waals surface area contributed by atoms with Crippen molar-refractivity contribution in [1.29, 1.82) is 0 Å². The van der Waals surface area contributed by atoms with Gasteiger partial charge < -0.3 is 14.8 Å². The van der Waals surface area contributed by atoms with E-state index in [1.807, 2.05) is 42.5 Å². The standard InChI is InChI=1S/C30H26N2O4S/c1-35-23-17-13-21(14-18-23)30(34)36-24-15-11-20(12-16-24)19-31-29-27(25-9-5-6-10-26(25)37-29)28(33)32-22-7-3-2-4-8-22/h2-4,7-8,11-19H,5-6,9-10H2,1H3,(H,32,33)/b31-19-. The molecule has 1 N–H and O–H groups in total. The number of hydrogen-bond acceptors (Lipinski definition) is 6. The zero-order chi connectivity index (χ0) is 25.6. The lowest BCUT2D eigenvalue weighted by Crippen LogP contribution is -2.14. The number of esters is 1. The van der Waals surface area contributed by atoms with E-state index in [1.54, 1.807) is 61.1 Å². The van der Waals surface area contributed by atoms with Crippen molar-refractivity contribution >= 4 is 40.1 Å². The van der Waals surface area contributed by atoms with Crippen LogP contribution in [0.1, 0.15) is 49.6 Å². The number of anilines is 1. The first-order valence-electron chi connectivity index (χ1n) is 12.1. The molecule has 5 rings (SSSR count). The molecule has 1 aromatic heterocycles. The van der Waals surface area contributed by atoms with Gasteiger partial charge >= 0.3 is 5.97 Å². The second-order valence-corrected chi connectivity index (χ2v) is 9.74. The largest absolute Gasteiger partial charge is 0.497 e. The highest BCUT2D eigenvalue weighted by atomic mass is 32.1. The van der Waals surface area contributed by atoms with E-state index in [-0.39, 0.29) is 5.91 Å². The third-order valence-corrected chi connectivity index (χ3v) is 7.36. The van der Waals surface area contributed by atoms with E-state index in [1.165, 1.54) is 4.88 Å². The Bertz CT molecular complexity index is 1430. The Balaban J connectivity index is 1.31. The molecule has 0 bridgehead atoms. The molecule has 1 aliphatic carbocycles. The van der Waals surface area contributed by atoms with E-state index >= 15 is 0 Å².